The van der Waals surface area contributed by atoms with Crippen LogP contribution in [0.4, 0.5) is 11.5 Å². The Morgan fingerprint density at radius 3 is 2.57 bits per heavy atom. The smallest absolute Gasteiger partial charge is 0.263 e. The van der Waals surface area contributed by atoms with E-state index >= 15 is 0 Å². The molecule has 0 atom stereocenters. The molecule has 23 heavy (non-hydrogen) atoms. The number of hydrogen-bond donors (Lipinski definition) is 2. The molecule has 1 amide bonds. The normalized spacial score (nSPS) is 10.3. The summed E-state index contributed by atoms with van der Waals surface area (Å²) in [4.78, 5) is 12.2. The number of amides is 1. The average Bonchev–Trinajstić information content (AvgIpc) is 3.04. The van der Waals surface area contributed by atoms with E-state index in [4.69, 9.17) is 0 Å². The SMILES string of the molecule is CSNC(=O)c1ccccc1Nc1ccnn1-c1ccccc1. The van der Waals surface area contributed by atoms with E-state index < -0.39 is 0 Å². The van der Waals surface area contributed by atoms with Crippen LogP contribution in [0.1, 0.15) is 10.4 Å². The van der Waals surface area contributed by atoms with E-state index in [1.54, 1.807) is 16.9 Å². The van der Waals surface area contributed by atoms with Gasteiger partial charge in [0.25, 0.3) is 5.91 Å². The van der Waals surface area contributed by atoms with Crippen LogP contribution in [-0.2, 0) is 0 Å². The van der Waals surface area contributed by atoms with E-state index in [9.17, 15) is 4.79 Å². The zero-order valence-corrected chi connectivity index (χ0v) is 13.4. The number of carbonyl (C=O) groups is 1. The van der Waals surface area contributed by atoms with Crippen molar-refractivity contribution < 1.29 is 4.79 Å². The standard InChI is InChI=1S/C17H16N4OS/c1-23-20-17(22)14-9-5-6-10-15(14)19-16-11-12-18-21(16)13-7-3-2-4-8-13/h2-12,19H,1H3,(H,20,22). The fourth-order valence-corrected chi connectivity index (χ4v) is 2.54. The minimum atomic E-state index is -0.133. The van der Waals surface area contributed by atoms with Gasteiger partial charge in [-0.1, -0.05) is 42.3 Å². The number of benzene rings is 2. The predicted octanol–water partition coefficient (Wildman–Crippen LogP) is 3.62. The van der Waals surface area contributed by atoms with Crippen molar-refractivity contribution in [1.29, 1.82) is 0 Å². The van der Waals surface area contributed by atoms with Crippen LogP contribution in [0.3, 0.4) is 0 Å². The van der Waals surface area contributed by atoms with Crippen molar-refractivity contribution in [3.8, 4) is 5.69 Å². The molecule has 1 heterocycles. The monoisotopic (exact) mass is 324 g/mol. The number of rotatable bonds is 5. The molecule has 0 bridgehead atoms. The third kappa shape index (κ3) is 3.37. The van der Waals surface area contributed by atoms with Crippen LogP contribution in [0, 0.1) is 0 Å². The first-order valence-electron chi connectivity index (χ1n) is 7.08. The summed E-state index contributed by atoms with van der Waals surface area (Å²) >= 11 is 1.28. The maximum Gasteiger partial charge on any atom is 0.263 e. The summed E-state index contributed by atoms with van der Waals surface area (Å²) in [7, 11) is 0. The molecule has 2 N–H and O–H groups in total. The van der Waals surface area contributed by atoms with E-state index in [0.29, 0.717) is 5.56 Å². The lowest BCUT2D eigenvalue weighted by Gasteiger charge is -2.13. The van der Waals surface area contributed by atoms with Crippen LogP contribution in [0.25, 0.3) is 5.69 Å². The molecule has 0 spiro atoms. The fourth-order valence-electron chi connectivity index (χ4n) is 2.25. The minimum absolute atomic E-state index is 0.133. The number of hydrogen-bond acceptors (Lipinski definition) is 4. The van der Waals surface area contributed by atoms with Gasteiger partial charge in [-0.15, -0.1) is 0 Å². The molecule has 0 aliphatic carbocycles. The van der Waals surface area contributed by atoms with Gasteiger partial charge in [-0.05, 0) is 24.3 Å². The van der Waals surface area contributed by atoms with E-state index in [2.05, 4.69) is 15.1 Å². The van der Waals surface area contributed by atoms with E-state index in [1.807, 2.05) is 60.9 Å². The maximum atomic E-state index is 12.2. The summed E-state index contributed by atoms with van der Waals surface area (Å²) in [5, 5.41) is 7.63. The number of nitrogens with one attached hydrogen (secondary N) is 2. The molecule has 5 nitrogen and oxygen atoms in total. The number of aromatic nitrogens is 2. The number of carbonyl (C=O) groups excluding carboxylic acids is 1. The Morgan fingerprint density at radius 2 is 1.78 bits per heavy atom. The Labute approximate surface area is 138 Å². The van der Waals surface area contributed by atoms with Crippen molar-refractivity contribution in [3.63, 3.8) is 0 Å². The maximum absolute atomic E-state index is 12.2. The van der Waals surface area contributed by atoms with Gasteiger partial charge in [-0.3, -0.25) is 9.52 Å². The van der Waals surface area contributed by atoms with Gasteiger partial charge in [0.05, 0.1) is 23.1 Å². The Bertz CT molecular complexity index is 801. The Balaban J connectivity index is 1.93. The van der Waals surface area contributed by atoms with Crippen LogP contribution >= 0.6 is 11.9 Å². The number of para-hydroxylation sites is 2. The van der Waals surface area contributed by atoms with Crippen molar-refractivity contribution in [2.24, 2.45) is 0 Å². The van der Waals surface area contributed by atoms with E-state index in [-0.39, 0.29) is 5.91 Å². The second-order valence-corrected chi connectivity index (χ2v) is 5.38. The van der Waals surface area contributed by atoms with Gasteiger partial charge in [-0.2, -0.15) is 5.10 Å². The lowest BCUT2D eigenvalue weighted by atomic mass is 10.1. The first kappa shape index (κ1) is 15.2. The summed E-state index contributed by atoms with van der Waals surface area (Å²) < 4.78 is 4.54. The van der Waals surface area contributed by atoms with Crippen molar-refractivity contribution in [2.45, 2.75) is 0 Å². The Kier molecular flexibility index (Phi) is 4.63. The number of anilines is 2. The van der Waals surface area contributed by atoms with Crippen molar-refractivity contribution in [1.82, 2.24) is 14.5 Å². The third-order valence-corrected chi connectivity index (χ3v) is 3.66. The Hall–Kier alpha value is -2.73. The number of nitrogens with zero attached hydrogens (tertiary/aromatic N) is 2. The molecular weight excluding hydrogens is 308 g/mol. The highest BCUT2D eigenvalue weighted by Crippen LogP contribution is 2.23. The first-order valence-corrected chi connectivity index (χ1v) is 8.31. The molecule has 0 fully saturated rings. The van der Waals surface area contributed by atoms with E-state index in [1.165, 1.54) is 11.9 Å². The first-order chi connectivity index (χ1) is 11.3. The highest BCUT2D eigenvalue weighted by atomic mass is 32.2. The zero-order valence-electron chi connectivity index (χ0n) is 12.6. The molecule has 6 heteroatoms. The largest absolute Gasteiger partial charge is 0.339 e. The Morgan fingerprint density at radius 1 is 1.04 bits per heavy atom. The molecule has 0 saturated heterocycles. The van der Waals surface area contributed by atoms with Crippen LogP contribution in [0.5, 0.6) is 0 Å². The van der Waals surface area contributed by atoms with Crippen LogP contribution in [0.2, 0.25) is 0 Å². The quantitative estimate of drug-likeness (QED) is 0.704. The van der Waals surface area contributed by atoms with Gasteiger partial charge in [0.15, 0.2) is 0 Å². The van der Waals surface area contributed by atoms with Gasteiger partial charge in [0.2, 0.25) is 0 Å². The second-order valence-electron chi connectivity index (χ2n) is 4.77. The minimum Gasteiger partial charge on any atom is -0.339 e. The lowest BCUT2D eigenvalue weighted by Crippen LogP contribution is -2.17. The van der Waals surface area contributed by atoms with Crippen LogP contribution in [0.15, 0.2) is 66.9 Å². The van der Waals surface area contributed by atoms with Crippen molar-refractivity contribution in [2.75, 3.05) is 11.6 Å². The highest BCUT2D eigenvalue weighted by Gasteiger charge is 2.12. The molecule has 0 aliphatic rings. The average molecular weight is 324 g/mol. The van der Waals surface area contributed by atoms with Gasteiger partial charge in [0, 0.05) is 12.3 Å². The molecule has 116 valence electrons. The lowest BCUT2D eigenvalue weighted by molar-refractivity contribution is 0.0985. The van der Waals surface area contributed by atoms with Crippen molar-refractivity contribution in [3.05, 3.63) is 72.4 Å². The van der Waals surface area contributed by atoms with Crippen LogP contribution in [-0.4, -0.2) is 21.9 Å². The molecule has 0 radical (unpaired) electrons. The summed E-state index contributed by atoms with van der Waals surface area (Å²) in [5.74, 6) is 0.659. The zero-order chi connectivity index (χ0) is 16.1. The summed E-state index contributed by atoms with van der Waals surface area (Å²) in [6, 6.07) is 19.1. The van der Waals surface area contributed by atoms with Gasteiger partial charge < -0.3 is 5.32 Å². The molecule has 1 aromatic heterocycles. The molecule has 0 saturated carbocycles. The van der Waals surface area contributed by atoms with Crippen molar-refractivity contribution >= 4 is 29.4 Å². The molecule has 3 rings (SSSR count). The van der Waals surface area contributed by atoms with Crippen LogP contribution < -0.4 is 10.0 Å². The van der Waals surface area contributed by atoms with Gasteiger partial charge >= 0.3 is 0 Å². The van der Waals surface area contributed by atoms with Gasteiger partial charge in [-0.25, -0.2) is 4.68 Å². The summed E-state index contributed by atoms with van der Waals surface area (Å²) in [5.41, 5.74) is 2.27. The van der Waals surface area contributed by atoms with E-state index in [0.717, 1.165) is 17.2 Å². The second kappa shape index (κ2) is 7.02. The summed E-state index contributed by atoms with van der Waals surface area (Å²) in [6.07, 6.45) is 3.54. The molecule has 0 aliphatic heterocycles. The molecular formula is C17H16N4OS. The molecule has 3 aromatic rings. The predicted molar refractivity (Wildman–Crippen MR) is 94.3 cm³/mol. The topological polar surface area (TPSA) is 59.0 Å². The third-order valence-electron chi connectivity index (χ3n) is 3.27. The van der Waals surface area contributed by atoms with Gasteiger partial charge in [0.1, 0.15) is 5.82 Å². The summed E-state index contributed by atoms with van der Waals surface area (Å²) in [6.45, 7) is 0. The molecule has 2 aromatic carbocycles. The fraction of sp³-hybridized carbons (Fsp3) is 0.0588. The molecule has 0 unspecified atom stereocenters. The highest BCUT2D eigenvalue weighted by molar-refractivity contribution is 7.97.